The zero-order valence-corrected chi connectivity index (χ0v) is 10.8. The Morgan fingerprint density at radius 3 is 2.69 bits per heavy atom. The van der Waals surface area contributed by atoms with Crippen LogP contribution in [0.15, 0.2) is 18.3 Å². The molecular weight excluding hydrogens is 196 g/mol. The average Bonchev–Trinajstić information content (AvgIpc) is 2.32. The van der Waals surface area contributed by atoms with Gasteiger partial charge in [-0.15, -0.1) is 0 Å². The molecule has 0 spiro atoms. The van der Waals surface area contributed by atoms with Crippen LogP contribution >= 0.6 is 0 Å². The van der Waals surface area contributed by atoms with Gasteiger partial charge in [0.05, 0.1) is 0 Å². The Balaban J connectivity index is 2.34. The minimum atomic E-state index is 0.654. The zero-order chi connectivity index (χ0) is 11.8. The Bertz CT molecular complexity index is 279. The van der Waals surface area contributed by atoms with Gasteiger partial charge in [-0.1, -0.05) is 19.9 Å². The predicted octanol–water partition coefficient (Wildman–Crippen LogP) is 3.10. The molecule has 1 N–H and O–H groups in total. The molecule has 1 aromatic rings. The fraction of sp³-hybridized carbons (Fsp3) is 0.643. The molecule has 0 bridgehead atoms. The minimum absolute atomic E-state index is 0.654. The zero-order valence-electron chi connectivity index (χ0n) is 10.8. The quantitative estimate of drug-likeness (QED) is 0.763. The van der Waals surface area contributed by atoms with Crippen LogP contribution in [0.1, 0.15) is 44.4 Å². The lowest BCUT2D eigenvalue weighted by Gasteiger charge is -2.16. The molecule has 1 unspecified atom stereocenters. The summed E-state index contributed by atoms with van der Waals surface area (Å²) in [5.74, 6) is 0. The van der Waals surface area contributed by atoms with Gasteiger partial charge in [0.15, 0.2) is 0 Å². The lowest BCUT2D eigenvalue weighted by Crippen LogP contribution is -2.29. The van der Waals surface area contributed by atoms with Crippen molar-refractivity contribution >= 4 is 0 Å². The van der Waals surface area contributed by atoms with Crippen molar-refractivity contribution in [1.82, 2.24) is 10.3 Å². The highest BCUT2D eigenvalue weighted by Crippen LogP contribution is 2.07. The van der Waals surface area contributed by atoms with E-state index in [9.17, 15) is 0 Å². The second-order valence-corrected chi connectivity index (χ2v) is 4.41. The van der Waals surface area contributed by atoms with E-state index in [-0.39, 0.29) is 0 Å². The first-order valence-electron chi connectivity index (χ1n) is 6.41. The number of aromatic nitrogens is 1. The SMILES string of the molecule is CCCNC(CC)CCc1ccc(C)nc1. The topological polar surface area (TPSA) is 24.9 Å². The highest BCUT2D eigenvalue weighted by Gasteiger charge is 2.04. The molecule has 0 aliphatic carbocycles. The lowest BCUT2D eigenvalue weighted by atomic mass is 10.0. The summed E-state index contributed by atoms with van der Waals surface area (Å²) in [7, 11) is 0. The third-order valence-corrected chi connectivity index (χ3v) is 2.93. The van der Waals surface area contributed by atoms with Crippen LogP contribution in [0.3, 0.4) is 0 Å². The van der Waals surface area contributed by atoms with Crippen molar-refractivity contribution in [3.63, 3.8) is 0 Å². The number of hydrogen-bond acceptors (Lipinski definition) is 2. The normalized spacial score (nSPS) is 12.7. The van der Waals surface area contributed by atoms with Crippen LogP contribution in [-0.4, -0.2) is 17.6 Å². The highest BCUT2D eigenvalue weighted by molar-refractivity contribution is 5.13. The number of rotatable bonds is 7. The largest absolute Gasteiger partial charge is 0.314 e. The van der Waals surface area contributed by atoms with E-state index < -0.39 is 0 Å². The fourth-order valence-corrected chi connectivity index (χ4v) is 1.79. The molecule has 0 amide bonds. The van der Waals surface area contributed by atoms with Crippen LogP contribution in [-0.2, 0) is 6.42 Å². The molecule has 1 aromatic heterocycles. The molecule has 0 aliphatic heterocycles. The Labute approximate surface area is 99.5 Å². The molecule has 1 atom stereocenters. The Morgan fingerprint density at radius 1 is 1.31 bits per heavy atom. The fourth-order valence-electron chi connectivity index (χ4n) is 1.79. The van der Waals surface area contributed by atoms with Crippen LogP contribution in [0.2, 0.25) is 0 Å². The van der Waals surface area contributed by atoms with Gasteiger partial charge in [0.1, 0.15) is 0 Å². The van der Waals surface area contributed by atoms with Crippen LogP contribution < -0.4 is 5.32 Å². The molecule has 0 saturated carbocycles. The average molecular weight is 220 g/mol. The summed E-state index contributed by atoms with van der Waals surface area (Å²) in [6.07, 6.45) is 6.76. The molecule has 0 radical (unpaired) electrons. The summed E-state index contributed by atoms with van der Waals surface area (Å²) in [5, 5.41) is 3.58. The molecule has 90 valence electrons. The lowest BCUT2D eigenvalue weighted by molar-refractivity contribution is 0.468. The van der Waals surface area contributed by atoms with Gasteiger partial charge < -0.3 is 5.32 Å². The predicted molar refractivity (Wildman–Crippen MR) is 69.7 cm³/mol. The Morgan fingerprint density at radius 2 is 2.12 bits per heavy atom. The number of pyridine rings is 1. The third kappa shape index (κ3) is 4.75. The van der Waals surface area contributed by atoms with Gasteiger partial charge in [-0.05, 0) is 50.8 Å². The third-order valence-electron chi connectivity index (χ3n) is 2.93. The monoisotopic (exact) mass is 220 g/mol. The van der Waals surface area contributed by atoms with Crippen LogP contribution in [0.4, 0.5) is 0 Å². The van der Waals surface area contributed by atoms with Crippen LogP contribution in [0.25, 0.3) is 0 Å². The first-order valence-corrected chi connectivity index (χ1v) is 6.41. The van der Waals surface area contributed by atoms with Gasteiger partial charge in [-0.2, -0.15) is 0 Å². The van der Waals surface area contributed by atoms with Crippen LogP contribution in [0.5, 0.6) is 0 Å². The molecule has 2 nitrogen and oxygen atoms in total. The van der Waals surface area contributed by atoms with E-state index in [1.807, 2.05) is 13.1 Å². The number of hydrogen-bond donors (Lipinski definition) is 1. The minimum Gasteiger partial charge on any atom is -0.314 e. The summed E-state index contributed by atoms with van der Waals surface area (Å²) in [6, 6.07) is 4.94. The second kappa shape index (κ2) is 7.39. The number of aryl methyl sites for hydroxylation is 2. The molecule has 2 heteroatoms. The molecular formula is C14H24N2. The van der Waals surface area contributed by atoms with Crippen molar-refractivity contribution < 1.29 is 0 Å². The van der Waals surface area contributed by atoms with Crippen molar-refractivity contribution in [3.8, 4) is 0 Å². The van der Waals surface area contributed by atoms with Gasteiger partial charge in [0, 0.05) is 17.9 Å². The number of nitrogens with zero attached hydrogens (tertiary/aromatic N) is 1. The van der Waals surface area contributed by atoms with Crippen molar-refractivity contribution in [2.24, 2.45) is 0 Å². The first-order chi connectivity index (χ1) is 7.76. The number of nitrogens with one attached hydrogen (secondary N) is 1. The van der Waals surface area contributed by atoms with E-state index in [1.165, 1.54) is 24.8 Å². The maximum absolute atomic E-state index is 4.32. The van der Waals surface area contributed by atoms with Crippen LogP contribution in [0, 0.1) is 6.92 Å². The summed E-state index contributed by atoms with van der Waals surface area (Å²) < 4.78 is 0. The standard InChI is InChI=1S/C14H24N2/c1-4-10-15-14(5-2)9-8-13-7-6-12(3)16-11-13/h6-7,11,14-15H,4-5,8-10H2,1-3H3. The molecule has 0 fully saturated rings. The molecule has 16 heavy (non-hydrogen) atoms. The van der Waals surface area contributed by atoms with E-state index in [2.05, 4.69) is 36.3 Å². The van der Waals surface area contributed by atoms with Gasteiger partial charge in [0.2, 0.25) is 0 Å². The van der Waals surface area contributed by atoms with E-state index in [0.29, 0.717) is 6.04 Å². The van der Waals surface area contributed by atoms with Crippen molar-refractivity contribution in [2.75, 3.05) is 6.54 Å². The summed E-state index contributed by atoms with van der Waals surface area (Å²) in [4.78, 5) is 4.32. The van der Waals surface area contributed by atoms with Gasteiger partial charge >= 0.3 is 0 Å². The molecule has 1 heterocycles. The first kappa shape index (κ1) is 13.2. The maximum atomic E-state index is 4.32. The smallest absolute Gasteiger partial charge is 0.0372 e. The summed E-state index contributed by atoms with van der Waals surface area (Å²) in [6.45, 7) is 7.62. The van der Waals surface area contributed by atoms with Crippen molar-refractivity contribution in [1.29, 1.82) is 0 Å². The molecule has 1 rings (SSSR count). The summed E-state index contributed by atoms with van der Waals surface area (Å²) in [5.41, 5.74) is 2.45. The highest BCUT2D eigenvalue weighted by atomic mass is 14.9. The maximum Gasteiger partial charge on any atom is 0.0372 e. The summed E-state index contributed by atoms with van der Waals surface area (Å²) >= 11 is 0. The molecule has 0 aliphatic rings. The van der Waals surface area contributed by atoms with E-state index in [4.69, 9.17) is 0 Å². The second-order valence-electron chi connectivity index (χ2n) is 4.41. The van der Waals surface area contributed by atoms with E-state index >= 15 is 0 Å². The van der Waals surface area contributed by atoms with Gasteiger partial charge in [-0.3, -0.25) is 4.98 Å². The van der Waals surface area contributed by atoms with E-state index in [0.717, 1.165) is 18.7 Å². The van der Waals surface area contributed by atoms with E-state index in [1.54, 1.807) is 0 Å². The van der Waals surface area contributed by atoms with Crippen molar-refractivity contribution in [3.05, 3.63) is 29.6 Å². The Hall–Kier alpha value is -0.890. The molecule has 0 saturated heterocycles. The van der Waals surface area contributed by atoms with Crippen molar-refractivity contribution in [2.45, 2.75) is 52.5 Å². The van der Waals surface area contributed by atoms with Gasteiger partial charge in [-0.25, -0.2) is 0 Å². The van der Waals surface area contributed by atoms with Gasteiger partial charge in [0.25, 0.3) is 0 Å². The molecule has 0 aromatic carbocycles. The Kier molecular flexibility index (Phi) is 6.09.